The number of nitrogens with zero attached hydrogens (tertiary/aromatic N) is 1. The molecule has 0 saturated carbocycles. The molecule has 0 spiro atoms. The smallest absolute Gasteiger partial charge is 0.416 e. The molecule has 1 aromatic rings. The molecule has 1 aliphatic heterocycles. The predicted octanol–water partition coefficient (Wildman–Crippen LogP) is 2.62. The van der Waals surface area contributed by atoms with Gasteiger partial charge < -0.3 is 14.6 Å². The Labute approximate surface area is 134 Å². The highest BCUT2D eigenvalue weighted by Crippen LogP contribution is 2.38. The molecule has 0 aromatic heterocycles. The summed E-state index contributed by atoms with van der Waals surface area (Å²) in [4.78, 5) is 21.5. The second-order valence-corrected chi connectivity index (χ2v) is 5.34. The molecule has 0 bridgehead atoms. The van der Waals surface area contributed by atoms with E-state index in [2.05, 4.69) is 0 Å². The van der Waals surface area contributed by atoms with Crippen molar-refractivity contribution in [2.45, 2.75) is 25.3 Å². The Hall–Kier alpha value is -2.20. The summed E-state index contributed by atoms with van der Waals surface area (Å²) in [6.45, 7) is 1.36. The van der Waals surface area contributed by atoms with Gasteiger partial charge in [-0.05, 0) is 19.1 Å². The highest BCUT2D eigenvalue weighted by molar-refractivity contribution is 5.71. The largest absolute Gasteiger partial charge is 0.481 e. The van der Waals surface area contributed by atoms with Gasteiger partial charge in [-0.3, -0.25) is 14.9 Å². The summed E-state index contributed by atoms with van der Waals surface area (Å²) in [5.74, 6) is -4.26. The number of halogens is 3. The number of nitro benzene ring substituents is 1. The predicted molar refractivity (Wildman–Crippen MR) is 73.2 cm³/mol. The van der Waals surface area contributed by atoms with Crippen molar-refractivity contribution in [1.82, 2.24) is 0 Å². The molecule has 0 radical (unpaired) electrons. The van der Waals surface area contributed by atoms with Crippen molar-refractivity contribution in [1.29, 1.82) is 0 Å². The molecule has 7 nitrogen and oxygen atoms in total. The Bertz CT molecular complexity index is 654. The van der Waals surface area contributed by atoms with Crippen LogP contribution in [0.3, 0.4) is 0 Å². The minimum atomic E-state index is -4.69. The van der Waals surface area contributed by atoms with Crippen LogP contribution in [0.2, 0.25) is 0 Å². The van der Waals surface area contributed by atoms with Gasteiger partial charge in [-0.25, -0.2) is 0 Å². The zero-order chi connectivity index (χ0) is 18.1. The summed E-state index contributed by atoms with van der Waals surface area (Å²) in [6.07, 6.45) is -5.17. The van der Waals surface area contributed by atoms with Gasteiger partial charge in [-0.1, -0.05) is 0 Å². The molecule has 1 atom stereocenters. The number of ether oxygens (including phenoxy) is 2. The highest BCUT2D eigenvalue weighted by atomic mass is 19.4. The number of hydrogen-bond acceptors (Lipinski definition) is 5. The fourth-order valence-electron chi connectivity index (χ4n) is 2.51. The molecule has 1 aromatic carbocycles. The van der Waals surface area contributed by atoms with Crippen molar-refractivity contribution in [3.05, 3.63) is 39.4 Å². The van der Waals surface area contributed by atoms with Gasteiger partial charge in [-0.2, -0.15) is 13.2 Å². The Balaban J connectivity index is 2.49. The number of carbonyl (C=O) groups is 1. The summed E-state index contributed by atoms with van der Waals surface area (Å²) in [6, 6.07) is 1.97. The van der Waals surface area contributed by atoms with Crippen LogP contribution in [-0.2, 0) is 26.9 Å². The van der Waals surface area contributed by atoms with Crippen LogP contribution in [0.5, 0.6) is 0 Å². The van der Waals surface area contributed by atoms with E-state index in [1.165, 1.54) is 6.92 Å². The quantitative estimate of drug-likeness (QED) is 0.648. The lowest BCUT2D eigenvalue weighted by Gasteiger charge is -2.31. The van der Waals surface area contributed by atoms with Gasteiger partial charge in [0, 0.05) is 18.1 Å². The first-order chi connectivity index (χ1) is 11.1. The third kappa shape index (κ3) is 3.49. The van der Waals surface area contributed by atoms with Crippen LogP contribution in [0, 0.1) is 16.0 Å². The van der Waals surface area contributed by atoms with Crippen LogP contribution in [0.25, 0.3) is 0 Å². The molecule has 2 rings (SSSR count). The normalized spacial score (nSPS) is 18.3. The second-order valence-electron chi connectivity index (χ2n) is 5.34. The Morgan fingerprint density at radius 1 is 1.42 bits per heavy atom. The Kier molecular flexibility index (Phi) is 4.81. The highest BCUT2D eigenvalue weighted by Gasteiger charge is 2.47. The van der Waals surface area contributed by atoms with E-state index in [4.69, 9.17) is 9.47 Å². The van der Waals surface area contributed by atoms with Gasteiger partial charge in [0.25, 0.3) is 5.69 Å². The average Bonchev–Trinajstić information content (AvgIpc) is 2.94. The van der Waals surface area contributed by atoms with Crippen LogP contribution in [0.1, 0.15) is 18.1 Å². The van der Waals surface area contributed by atoms with Crippen molar-refractivity contribution in [3.8, 4) is 0 Å². The number of carboxylic acid groups (broad SMARTS) is 1. The summed E-state index contributed by atoms with van der Waals surface area (Å²) >= 11 is 0. The summed E-state index contributed by atoms with van der Waals surface area (Å²) < 4.78 is 49.3. The van der Waals surface area contributed by atoms with E-state index in [0.717, 1.165) is 6.07 Å². The molecule has 24 heavy (non-hydrogen) atoms. The summed E-state index contributed by atoms with van der Waals surface area (Å²) in [5.41, 5.74) is -1.93. The Morgan fingerprint density at radius 2 is 2.00 bits per heavy atom. The topological polar surface area (TPSA) is 98.9 Å². The van der Waals surface area contributed by atoms with E-state index in [1.54, 1.807) is 0 Å². The number of aliphatic carboxylic acids is 1. The van der Waals surface area contributed by atoms with Crippen LogP contribution in [0.15, 0.2) is 18.2 Å². The van der Waals surface area contributed by atoms with E-state index >= 15 is 0 Å². The number of hydrogen-bond donors (Lipinski definition) is 1. The molecular formula is C14H14F3NO6. The van der Waals surface area contributed by atoms with Gasteiger partial charge in [0.05, 0.1) is 23.7 Å². The lowest BCUT2D eigenvalue weighted by Crippen LogP contribution is -2.44. The number of nitro groups is 1. The SMILES string of the molecule is CC(C(=O)O)C1(Cc2cc(C(F)(F)F)ccc2[N+](=O)[O-])OCCO1. The van der Waals surface area contributed by atoms with Gasteiger partial charge in [0.1, 0.15) is 5.92 Å². The third-order valence-corrected chi connectivity index (χ3v) is 3.85. The summed E-state index contributed by atoms with van der Waals surface area (Å²) in [5, 5.41) is 20.3. The second kappa shape index (κ2) is 6.36. The maximum Gasteiger partial charge on any atom is 0.416 e. The van der Waals surface area contributed by atoms with E-state index < -0.39 is 46.4 Å². The molecule has 0 amide bonds. The number of rotatable bonds is 5. The lowest BCUT2D eigenvalue weighted by atomic mass is 9.91. The first kappa shape index (κ1) is 18.1. The maximum absolute atomic E-state index is 12.9. The molecule has 1 unspecified atom stereocenters. The molecule has 1 aliphatic rings. The molecule has 1 heterocycles. The van der Waals surface area contributed by atoms with Crippen LogP contribution < -0.4 is 0 Å². The fourth-order valence-corrected chi connectivity index (χ4v) is 2.51. The lowest BCUT2D eigenvalue weighted by molar-refractivity contribution is -0.386. The minimum absolute atomic E-state index is 0.0460. The first-order valence-corrected chi connectivity index (χ1v) is 6.92. The van der Waals surface area contributed by atoms with E-state index in [1.807, 2.05) is 0 Å². The number of benzene rings is 1. The monoisotopic (exact) mass is 349 g/mol. The van der Waals surface area contributed by atoms with Crippen molar-refractivity contribution in [3.63, 3.8) is 0 Å². The molecule has 132 valence electrons. The third-order valence-electron chi connectivity index (χ3n) is 3.85. The van der Waals surface area contributed by atoms with E-state index in [-0.39, 0.29) is 18.8 Å². The van der Waals surface area contributed by atoms with Crippen molar-refractivity contribution in [2.24, 2.45) is 5.92 Å². The Morgan fingerprint density at radius 3 is 2.46 bits per heavy atom. The number of carboxylic acids is 1. The zero-order valence-corrected chi connectivity index (χ0v) is 12.5. The van der Waals surface area contributed by atoms with Gasteiger partial charge in [0.15, 0.2) is 5.79 Å². The maximum atomic E-state index is 12.9. The van der Waals surface area contributed by atoms with Crippen LogP contribution in [0.4, 0.5) is 18.9 Å². The van der Waals surface area contributed by atoms with Gasteiger partial charge in [-0.15, -0.1) is 0 Å². The van der Waals surface area contributed by atoms with Crippen LogP contribution in [-0.4, -0.2) is 35.0 Å². The molecule has 1 N–H and O–H groups in total. The first-order valence-electron chi connectivity index (χ1n) is 6.92. The molecular weight excluding hydrogens is 335 g/mol. The standard InChI is InChI=1S/C14H14F3NO6/c1-8(12(19)20)13(23-4-5-24-13)7-9-6-10(14(15,16)17)2-3-11(9)18(21)22/h2-3,6,8H,4-5,7H2,1H3,(H,19,20). The minimum Gasteiger partial charge on any atom is -0.481 e. The van der Waals surface area contributed by atoms with E-state index in [0.29, 0.717) is 12.1 Å². The van der Waals surface area contributed by atoms with Gasteiger partial charge in [0.2, 0.25) is 0 Å². The van der Waals surface area contributed by atoms with Gasteiger partial charge >= 0.3 is 12.1 Å². The summed E-state index contributed by atoms with van der Waals surface area (Å²) in [7, 11) is 0. The molecule has 1 fully saturated rings. The van der Waals surface area contributed by atoms with E-state index in [9.17, 15) is 33.2 Å². The average molecular weight is 349 g/mol. The zero-order valence-electron chi connectivity index (χ0n) is 12.5. The molecule has 0 aliphatic carbocycles. The van der Waals surface area contributed by atoms with Crippen molar-refractivity contribution in [2.75, 3.05) is 13.2 Å². The molecule has 1 saturated heterocycles. The van der Waals surface area contributed by atoms with Crippen molar-refractivity contribution < 1.29 is 37.5 Å². The van der Waals surface area contributed by atoms with Crippen molar-refractivity contribution >= 4 is 11.7 Å². The number of alkyl halides is 3. The fraction of sp³-hybridized carbons (Fsp3) is 0.500. The molecule has 10 heteroatoms. The van der Waals surface area contributed by atoms with Crippen LogP contribution >= 0.6 is 0 Å².